The van der Waals surface area contributed by atoms with Crippen LogP contribution in [0, 0.1) is 6.92 Å². The fourth-order valence-corrected chi connectivity index (χ4v) is 3.43. The molecule has 6 heteroatoms. The molecule has 0 aliphatic rings. The largest absolute Gasteiger partial charge is 0.472 e. The molecule has 0 unspecified atom stereocenters. The third-order valence-corrected chi connectivity index (χ3v) is 5.10. The molecule has 5 nitrogen and oxygen atoms in total. The lowest BCUT2D eigenvalue weighted by Gasteiger charge is -2.13. The monoisotopic (exact) mass is 406 g/mol. The van der Waals surface area contributed by atoms with Gasteiger partial charge in [0, 0.05) is 53.4 Å². The Labute approximate surface area is 175 Å². The number of hydrogen-bond donors (Lipinski definition) is 1. The maximum absolute atomic E-state index is 6.28. The predicted octanol–water partition coefficient (Wildman–Crippen LogP) is 4.80. The van der Waals surface area contributed by atoms with E-state index in [1.165, 1.54) is 5.56 Å². The van der Waals surface area contributed by atoms with Gasteiger partial charge in [0.05, 0.1) is 11.7 Å². The summed E-state index contributed by atoms with van der Waals surface area (Å²) in [7, 11) is 1.92. The zero-order chi connectivity index (χ0) is 20.2. The molecule has 0 aliphatic carbocycles. The molecule has 1 N–H and O–H groups in total. The van der Waals surface area contributed by atoms with Crippen LogP contribution in [-0.4, -0.2) is 14.8 Å². The highest BCUT2D eigenvalue weighted by atomic mass is 35.5. The van der Waals surface area contributed by atoms with Gasteiger partial charge in [0.15, 0.2) is 0 Å². The van der Waals surface area contributed by atoms with Crippen LogP contribution in [0.1, 0.15) is 22.3 Å². The second-order valence-electron chi connectivity index (χ2n) is 7.15. The third kappa shape index (κ3) is 4.75. The first kappa shape index (κ1) is 19.4. The highest BCUT2D eigenvalue weighted by Gasteiger charge is 2.10. The molecule has 0 fully saturated rings. The number of ether oxygens (including phenoxy) is 1. The number of fused-ring (bicyclic) bond motifs is 1. The van der Waals surface area contributed by atoms with E-state index < -0.39 is 0 Å². The first-order valence-corrected chi connectivity index (χ1v) is 9.91. The molecule has 0 atom stereocenters. The number of aryl methyl sites for hydroxylation is 2. The van der Waals surface area contributed by atoms with Crippen molar-refractivity contribution in [1.29, 1.82) is 0 Å². The van der Waals surface area contributed by atoms with E-state index in [1.54, 1.807) is 4.68 Å². The average Bonchev–Trinajstić information content (AvgIpc) is 3.12. The van der Waals surface area contributed by atoms with E-state index in [4.69, 9.17) is 21.3 Å². The predicted molar refractivity (Wildman–Crippen MR) is 116 cm³/mol. The summed E-state index contributed by atoms with van der Waals surface area (Å²) in [6, 6.07) is 16.1. The van der Waals surface area contributed by atoms with Crippen molar-refractivity contribution >= 4 is 22.5 Å². The van der Waals surface area contributed by atoms with Gasteiger partial charge >= 0.3 is 0 Å². The number of nitrogens with zero attached hydrogens (tertiary/aromatic N) is 3. The van der Waals surface area contributed by atoms with E-state index in [1.807, 2.05) is 49.8 Å². The molecule has 2 heterocycles. The van der Waals surface area contributed by atoms with Crippen molar-refractivity contribution in [3.05, 3.63) is 88.2 Å². The molecule has 0 amide bonds. The summed E-state index contributed by atoms with van der Waals surface area (Å²) in [5.74, 6) is 0.625. The first-order chi connectivity index (χ1) is 14.1. The minimum Gasteiger partial charge on any atom is -0.472 e. The van der Waals surface area contributed by atoms with E-state index in [0.717, 1.165) is 34.1 Å². The zero-order valence-electron chi connectivity index (χ0n) is 16.5. The Bertz CT molecular complexity index is 1140. The van der Waals surface area contributed by atoms with E-state index in [0.29, 0.717) is 24.1 Å². The molecule has 29 heavy (non-hydrogen) atoms. The van der Waals surface area contributed by atoms with Crippen molar-refractivity contribution in [1.82, 2.24) is 20.1 Å². The Morgan fingerprint density at radius 3 is 2.72 bits per heavy atom. The quantitative estimate of drug-likeness (QED) is 0.479. The number of benzene rings is 2. The van der Waals surface area contributed by atoms with Gasteiger partial charge < -0.3 is 10.1 Å². The first-order valence-electron chi connectivity index (χ1n) is 9.53. The van der Waals surface area contributed by atoms with Crippen LogP contribution in [0.15, 0.2) is 60.9 Å². The molecular formula is C23H23ClN4O. The summed E-state index contributed by atoms with van der Waals surface area (Å²) in [5, 5.41) is 9.47. The van der Waals surface area contributed by atoms with Gasteiger partial charge in [0.25, 0.3) is 0 Å². The Balaban J connectivity index is 1.57. The topological polar surface area (TPSA) is 52.0 Å². The van der Waals surface area contributed by atoms with Gasteiger partial charge in [-0.3, -0.25) is 4.68 Å². The van der Waals surface area contributed by atoms with Gasteiger partial charge in [0.1, 0.15) is 6.61 Å². The van der Waals surface area contributed by atoms with Crippen LogP contribution in [0.25, 0.3) is 10.9 Å². The number of pyridine rings is 1. The molecular weight excluding hydrogens is 384 g/mol. The van der Waals surface area contributed by atoms with Crippen LogP contribution in [-0.2, 0) is 26.7 Å². The number of halogens is 1. The lowest BCUT2D eigenvalue weighted by Crippen LogP contribution is -2.14. The van der Waals surface area contributed by atoms with Crippen LogP contribution in [0.3, 0.4) is 0 Å². The zero-order valence-corrected chi connectivity index (χ0v) is 17.3. The molecule has 4 rings (SSSR count). The molecule has 0 aliphatic heterocycles. The third-order valence-electron chi connectivity index (χ3n) is 4.73. The minimum absolute atomic E-state index is 0.375. The minimum atomic E-state index is 0.375. The fraction of sp³-hybridized carbons (Fsp3) is 0.217. The maximum atomic E-state index is 6.28. The summed E-state index contributed by atoms with van der Waals surface area (Å²) < 4.78 is 7.90. The van der Waals surface area contributed by atoms with Crippen LogP contribution >= 0.6 is 11.6 Å². The second-order valence-corrected chi connectivity index (χ2v) is 7.56. The van der Waals surface area contributed by atoms with Crippen molar-refractivity contribution in [2.45, 2.75) is 26.6 Å². The molecule has 0 saturated carbocycles. The Morgan fingerprint density at radius 2 is 1.93 bits per heavy atom. The molecule has 2 aromatic heterocycles. The van der Waals surface area contributed by atoms with Crippen molar-refractivity contribution in [2.75, 3.05) is 0 Å². The molecule has 0 bridgehead atoms. The van der Waals surface area contributed by atoms with E-state index in [-0.39, 0.29) is 0 Å². The Kier molecular flexibility index (Phi) is 5.79. The normalized spacial score (nSPS) is 11.1. The number of aromatic nitrogens is 3. The molecule has 0 radical (unpaired) electrons. The Hall–Kier alpha value is -2.89. The van der Waals surface area contributed by atoms with E-state index in [9.17, 15) is 0 Å². The summed E-state index contributed by atoms with van der Waals surface area (Å²) in [6.45, 7) is 3.83. The van der Waals surface area contributed by atoms with E-state index >= 15 is 0 Å². The average molecular weight is 407 g/mol. The van der Waals surface area contributed by atoms with Crippen molar-refractivity contribution in [3.63, 3.8) is 0 Å². The second kappa shape index (κ2) is 8.64. The number of nitrogens with one attached hydrogen (secondary N) is 1. The van der Waals surface area contributed by atoms with Gasteiger partial charge in [0.2, 0.25) is 5.88 Å². The van der Waals surface area contributed by atoms with Gasteiger partial charge in [-0.15, -0.1) is 0 Å². The number of hydrogen-bond acceptors (Lipinski definition) is 4. The lowest BCUT2D eigenvalue weighted by molar-refractivity contribution is 0.291. The molecule has 0 spiro atoms. The van der Waals surface area contributed by atoms with E-state index in [2.05, 4.69) is 35.5 Å². The maximum Gasteiger partial charge on any atom is 0.218 e. The summed E-state index contributed by atoms with van der Waals surface area (Å²) in [4.78, 5) is 4.77. The van der Waals surface area contributed by atoms with Crippen LogP contribution in [0.5, 0.6) is 5.88 Å². The van der Waals surface area contributed by atoms with Gasteiger partial charge in [-0.2, -0.15) is 5.10 Å². The number of rotatable bonds is 7. The highest BCUT2D eigenvalue weighted by Crippen LogP contribution is 2.25. The SMILES string of the molecule is Cc1ccc2nc(OCc3ccccc3Cl)c(CNCc3cnn(C)c3)cc2c1. The highest BCUT2D eigenvalue weighted by molar-refractivity contribution is 6.31. The lowest BCUT2D eigenvalue weighted by atomic mass is 10.1. The summed E-state index contributed by atoms with van der Waals surface area (Å²) in [6.07, 6.45) is 3.87. The molecule has 4 aromatic rings. The molecule has 0 saturated heterocycles. The van der Waals surface area contributed by atoms with Crippen LogP contribution in [0.2, 0.25) is 5.02 Å². The van der Waals surface area contributed by atoms with Crippen LogP contribution < -0.4 is 10.1 Å². The van der Waals surface area contributed by atoms with Crippen molar-refractivity contribution in [2.24, 2.45) is 7.05 Å². The fourth-order valence-electron chi connectivity index (χ4n) is 3.24. The van der Waals surface area contributed by atoms with Gasteiger partial charge in [-0.1, -0.05) is 41.4 Å². The van der Waals surface area contributed by atoms with Crippen molar-refractivity contribution < 1.29 is 4.74 Å². The summed E-state index contributed by atoms with van der Waals surface area (Å²) >= 11 is 6.28. The summed E-state index contributed by atoms with van der Waals surface area (Å²) in [5.41, 5.74) is 5.21. The molecule has 2 aromatic carbocycles. The Morgan fingerprint density at radius 1 is 1.07 bits per heavy atom. The van der Waals surface area contributed by atoms with Crippen LogP contribution in [0.4, 0.5) is 0 Å². The molecule has 148 valence electrons. The van der Waals surface area contributed by atoms with Crippen molar-refractivity contribution in [3.8, 4) is 5.88 Å². The standard InChI is InChI=1S/C23H23ClN4O/c1-16-7-8-22-19(9-16)10-20(13-25-11-17-12-26-28(2)14-17)23(27-22)29-15-18-5-3-4-6-21(18)24/h3-10,12,14,25H,11,13,15H2,1-2H3. The van der Waals surface area contributed by atoms with Gasteiger partial charge in [-0.05, 0) is 31.2 Å². The van der Waals surface area contributed by atoms with Gasteiger partial charge in [-0.25, -0.2) is 4.98 Å². The smallest absolute Gasteiger partial charge is 0.218 e.